The summed E-state index contributed by atoms with van der Waals surface area (Å²) >= 11 is 0. The Kier molecular flexibility index (Phi) is 6.95. The second-order valence-electron chi connectivity index (χ2n) is 6.92. The Bertz CT molecular complexity index is 987. The minimum Gasteiger partial charge on any atom is -0.477 e. The molecular weight excluding hydrogens is 380 g/mol. The molecule has 0 aliphatic heterocycles. The number of aromatic amines is 1. The highest BCUT2D eigenvalue weighted by Crippen LogP contribution is 2.34. The summed E-state index contributed by atoms with van der Waals surface area (Å²) in [5.41, 5.74) is 4.01. The van der Waals surface area contributed by atoms with Crippen molar-refractivity contribution in [1.29, 1.82) is 5.41 Å². The molecule has 4 N–H and O–H groups in total. The third-order valence-corrected chi connectivity index (χ3v) is 4.61. The number of hydrogen-bond donors (Lipinski definition) is 4. The van der Waals surface area contributed by atoms with Gasteiger partial charge >= 0.3 is 0 Å². The zero-order valence-corrected chi connectivity index (χ0v) is 17.8. The van der Waals surface area contributed by atoms with Gasteiger partial charge in [-0.15, -0.1) is 0 Å². The van der Waals surface area contributed by atoms with Gasteiger partial charge in [-0.2, -0.15) is 5.10 Å². The van der Waals surface area contributed by atoms with Crippen molar-refractivity contribution < 1.29 is 4.74 Å². The van der Waals surface area contributed by atoms with Crippen LogP contribution in [0.25, 0.3) is 11.3 Å². The quantitative estimate of drug-likeness (QED) is 0.375. The number of pyridine rings is 2. The molecule has 9 heteroatoms. The fourth-order valence-corrected chi connectivity index (χ4v) is 2.92. The number of ether oxygens (including phenoxy) is 1. The van der Waals surface area contributed by atoms with E-state index in [0.717, 1.165) is 23.4 Å². The lowest BCUT2D eigenvalue weighted by molar-refractivity contribution is 0.328. The van der Waals surface area contributed by atoms with Crippen LogP contribution < -0.4 is 15.4 Å². The van der Waals surface area contributed by atoms with Crippen molar-refractivity contribution in [2.24, 2.45) is 0 Å². The summed E-state index contributed by atoms with van der Waals surface area (Å²) < 4.78 is 5.70. The molecule has 0 fully saturated rings. The minimum absolute atomic E-state index is 0.220. The third kappa shape index (κ3) is 4.91. The maximum absolute atomic E-state index is 8.33. The van der Waals surface area contributed by atoms with Crippen LogP contribution in [0, 0.1) is 5.41 Å². The molecule has 0 radical (unpaired) electrons. The van der Waals surface area contributed by atoms with Gasteiger partial charge in [0, 0.05) is 12.2 Å². The fourth-order valence-electron chi connectivity index (χ4n) is 2.92. The van der Waals surface area contributed by atoms with Crippen LogP contribution in [-0.2, 0) is 6.54 Å². The first-order chi connectivity index (χ1) is 14.5. The molecule has 9 nitrogen and oxygen atoms in total. The Balaban J connectivity index is 2.11. The van der Waals surface area contributed by atoms with Crippen molar-refractivity contribution in [3.05, 3.63) is 42.2 Å². The summed E-state index contributed by atoms with van der Waals surface area (Å²) in [6.45, 7) is 8.81. The molecule has 3 rings (SSSR count). The Hall–Kier alpha value is -3.49. The smallest absolute Gasteiger partial charge is 0.222 e. The average Bonchev–Trinajstić information content (AvgIpc) is 3.27. The molecular formula is C21H28N8O. The summed E-state index contributed by atoms with van der Waals surface area (Å²) in [5, 5.41) is 22.1. The lowest BCUT2D eigenvalue weighted by atomic mass is 10.1. The van der Waals surface area contributed by atoms with E-state index in [0.29, 0.717) is 42.0 Å². The van der Waals surface area contributed by atoms with E-state index in [4.69, 9.17) is 15.1 Å². The zero-order valence-electron chi connectivity index (χ0n) is 17.8. The molecule has 0 amide bonds. The molecule has 0 spiro atoms. The molecule has 3 aromatic heterocycles. The highest BCUT2D eigenvalue weighted by molar-refractivity contribution is 6.03. The summed E-state index contributed by atoms with van der Waals surface area (Å²) in [4.78, 5) is 13.3. The van der Waals surface area contributed by atoms with Crippen LogP contribution in [0.15, 0.2) is 30.7 Å². The van der Waals surface area contributed by atoms with E-state index in [1.165, 1.54) is 0 Å². The monoisotopic (exact) mass is 408 g/mol. The lowest BCUT2D eigenvalue weighted by Crippen LogP contribution is -2.19. The zero-order chi connectivity index (χ0) is 21.5. The van der Waals surface area contributed by atoms with Crippen LogP contribution in [0.1, 0.15) is 45.6 Å². The number of rotatable bonds is 10. The van der Waals surface area contributed by atoms with Crippen LogP contribution in [0.5, 0.6) is 5.88 Å². The van der Waals surface area contributed by atoms with Crippen molar-refractivity contribution in [2.45, 2.75) is 46.7 Å². The van der Waals surface area contributed by atoms with E-state index < -0.39 is 0 Å². The van der Waals surface area contributed by atoms with E-state index in [2.05, 4.69) is 44.6 Å². The van der Waals surface area contributed by atoms with Crippen LogP contribution in [0.4, 0.5) is 11.4 Å². The van der Waals surface area contributed by atoms with Crippen molar-refractivity contribution >= 4 is 17.1 Å². The maximum Gasteiger partial charge on any atom is 0.222 e. The maximum atomic E-state index is 8.33. The Labute approximate surface area is 176 Å². The van der Waals surface area contributed by atoms with Crippen molar-refractivity contribution in [2.75, 3.05) is 17.2 Å². The first kappa shape index (κ1) is 21.2. The second-order valence-corrected chi connectivity index (χ2v) is 6.92. The first-order valence-corrected chi connectivity index (χ1v) is 10.1. The van der Waals surface area contributed by atoms with Crippen molar-refractivity contribution in [1.82, 2.24) is 25.1 Å². The van der Waals surface area contributed by atoms with Gasteiger partial charge in [0.15, 0.2) is 5.82 Å². The van der Waals surface area contributed by atoms with E-state index in [-0.39, 0.29) is 6.04 Å². The standard InChI is InChI=1S/C21H28N8O/c1-5-13(3)27-20-17(24-11-18-25-12-26-29-18)10-16(28-19(20)14(4)22)15-8-7-9-23-21(15)30-6-2/h7-10,12-13,22,27H,5-6,11H2,1-4H3,(H,24,28)(H,25,26,29). The highest BCUT2D eigenvalue weighted by atomic mass is 16.5. The van der Waals surface area contributed by atoms with Crippen LogP contribution in [0.2, 0.25) is 0 Å². The summed E-state index contributed by atoms with van der Waals surface area (Å²) in [7, 11) is 0. The van der Waals surface area contributed by atoms with E-state index in [9.17, 15) is 0 Å². The third-order valence-electron chi connectivity index (χ3n) is 4.61. The number of nitrogens with zero attached hydrogens (tertiary/aromatic N) is 4. The Morgan fingerprint density at radius 2 is 2.13 bits per heavy atom. The topological polar surface area (TPSA) is 124 Å². The van der Waals surface area contributed by atoms with Crippen LogP contribution >= 0.6 is 0 Å². The van der Waals surface area contributed by atoms with Gasteiger partial charge in [-0.3, -0.25) is 5.10 Å². The van der Waals surface area contributed by atoms with Gasteiger partial charge in [-0.25, -0.2) is 15.0 Å². The second kappa shape index (κ2) is 9.82. The molecule has 3 heterocycles. The molecule has 158 valence electrons. The number of nitrogens with one attached hydrogen (secondary N) is 4. The van der Waals surface area contributed by atoms with Gasteiger partial charge < -0.3 is 20.8 Å². The number of aromatic nitrogens is 5. The molecule has 1 atom stereocenters. The van der Waals surface area contributed by atoms with Crippen LogP contribution in [-0.4, -0.2) is 43.5 Å². The summed E-state index contributed by atoms with van der Waals surface area (Å²) in [6.07, 6.45) is 4.18. The van der Waals surface area contributed by atoms with Gasteiger partial charge in [0.2, 0.25) is 5.88 Å². The van der Waals surface area contributed by atoms with Crippen molar-refractivity contribution in [3.63, 3.8) is 0 Å². The normalized spacial score (nSPS) is 11.7. The number of H-pyrrole nitrogens is 1. The molecule has 0 aliphatic carbocycles. The first-order valence-electron chi connectivity index (χ1n) is 10.1. The van der Waals surface area contributed by atoms with Crippen molar-refractivity contribution in [3.8, 4) is 17.1 Å². The van der Waals surface area contributed by atoms with Gasteiger partial charge in [0.1, 0.15) is 12.0 Å². The van der Waals surface area contributed by atoms with Gasteiger partial charge in [0.05, 0.1) is 41.5 Å². The SMILES string of the molecule is CCOc1ncccc1-c1cc(NCc2nc[nH]n2)c(NC(C)CC)c(C(C)=N)n1. The molecule has 0 aromatic carbocycles. The molecule has 0 bridgehead atoms. The molecule has 0 saturated heterocycles. The largest absolute Gasteiger partial charge is 0.477 e. The van der Waals surface area contributed by atoms with E-state index >= 15 is 0 Å². The Morgan fingerprint density at radius 3 is 2.80 bits per heavy atom. The predicted octanol–water partition coefficient (Wildman–Crippen LogP) is 3.87. The minimum atomic E-state index is 0.220. The van der Waals surface area contributed by atoms with Gasteiger partial charge in [0.25, 0.3) is 0 Å². The summed E-state index contributed by atoms with van der Waals surface area (Å²) in [5.74, 6) is 1.16. The highest BCUT2D eigenvalue weighted by Gasteiger charge is 2.19. The number of anilines is 2. The van der Waals surface area contributed by atoms with Gasteiger partial charge in [-0.1, -0.05) is 6.92 Å². The predicted molar refractivity (Wildman–Crippen MR) is 118 cm³/mol. The van der Waals surface area contributed by atoms with E-state index in [1.54, 1.807) is 19.4 Å². The lowest BCUT2D eigenvalue weighted by Gasteiger charge is -2.21. The summed E-state index contributed by atoms with van der Waals surface area (Å²) in [6, 6.07) is 5.94. The molecule has 3 aromatic rings. The van der Waals surface area contributed by atoms with Crippen LogP contribution in [0.3, 0.4) is 0 Å². The molecule has 1 unspecified atom stereocenters. The Morgan fingerprint density at radius 1 is 1.30 bits per heavy atom. The molecule has 0 aliphatic rings. The molecule has 30 heavy (non-hydrogen) atoms. The fraction of sp³-hybridized carbons (Fsp3) is 0.381. The van der Waals surface area contributed by atoms with E-state index in [1.807, 2.05) is 25.1 Å². The number of hydrogen-bond acceptors (Lipinski definition) is 8. The molecule has 0 saturated carbocycles. The van der Waals surface area contributed by atoms with Gasteiger partial charge in [-0.05, 0) is 45.4 Å². The average molecular weight is 409 g/mol.